The average Bonchev–Trinajstić information content (AvgIpc) is 2.53. The first-order chi connectivity index (χ1) is 9.88. The van der Waals surface area contributed by atoms with Gasteiger partial charge in [0.05, 0.1) is 0 Å². The molecule has 0 fully saturated rings. The molecule has 97 valence electrons. The molecule has 20 heavy (non-hydrogen) atoms. The third-order valence-corrected chi connectivity index (χ3v) is 4.32. The van der Waals surface area contributed by atoms with Crippen molar-refractivity contribution in [1.82, 2.24) is 0 Å². The van der Waals surface area contributed by atoms with Gasteiger partial charge in [0.2, 0.25) is 0 Å². The van der Waals surface area contributed by atoms with E-state index in [0.29, 0.717) is 0 Å². The molecule has 0 bridgehead atoms. The maximum absolute atomic E-state index is 11.3. The predicted molar refractivity (Wildman–Crippen MR) is 83.3 cm³/mol. The second-order valence-corrected chi connectivity index (χ2v) is 5.39. The Morgan fingerprint density at radius 3 is 2.60 bits per heavy atom. The number of benzene rings is 3. The third kappa shape index (κ3) is 1.60. The molecule has 0 amide bonds. The predicted octanol–water partition coefficient (Wildman–Crippen LogP) is 4.75. The van der Waals surface area contributed by atoms with Crippen LogP contribution in [0.1, 0.15) is 17.5 Å². The maximum Gasteiger partial charge on any atom is 0.108 e. The van der Waals surface area contributed by atoms with Gasteiger partial charge in [-0.2, -0.15) is 0 Å². The van der Waals surface area contributed by atoms with Gasteiger partial charge in [-0.3, -0.25) is 0 Å². The summed E-state index contributed by atoms with van der Waals surface area (Å²) in [5, 5.41) is 16.5. The minimum absolute atomic E-state index is 0.119. The van der Waals surface area contributed by atoms with Crippen LogP contribution in [0.2, 0.25) is 0 Å². The Morgan fingerprint density at radius 1 is 0.850 bits per heavy atom. The molecule has 0 aromatic heterocycles. The topological polar surface area (TPSA) is 19.9 Å². The van der Waals surface area contributed by atoms with Gasteiger partial charge in [-0.1, -0.05) is 54.6 Å². The summed E-state index contributed by atoms with van der Waals surface area (Å²) in [6.45, 7) is -0.119. The van der Waals surface area contributed by atoms with Gasteiger partial charge in [-0.05, 0) is 51.1 Å². The van der Waals surface area contributed by atoms with E-state index in [1.54, 1.807) is 0 Å². The smallest absolute Gasteiger partial charge is 0.108 e. The van der Waals surface area contributed by atoms with E-state index in [1.807, 2.05) is 0 Å². The van der Waals surface area contributed by atoms with Crippen LogP contribution in [0.25, 0.3) is 27.1 Å². The highest BCUT2D eigenvalue weighted by atomic mass is 16.3. The summed E-state index contributed by atoms with van der Waals surface area (Å²) >= 11 is 0. The molecule has 0 saturated carbocycles. The minimum Gasteiger partial charge on any atom is -0.232 e. The van der Waals surface area contributed by atoms with Gasteiger partial charge in [0.15, 0.2) is 0 Å². The summed E-state index contributed by atoms with van der Waals surface area (Å²) in [5.41, 5.74) is 3.47. The Morgan fingerprint density at radius 2 is 1.70 bits per heavy atom. The van der Waals surface area contributed by atoms with Crippen molar-refractivity contribution in [3.8, 4) is 0 Å². The fourth-order valence-electron chi connectivity index (χ4n) is 3.36. The van der Waals surface area contributed by atoms with Gasteiger partial charge in [0, 0.05) is 0 Å². The van der Waals surface area contributed by atoms with Crippen molar-refractivity contribution in [3.63, 3.8) is 0 Å². The van der Waals surface area contributed by atoms with Gasteiger partial charge < -0.3 is 0 Å². The summed E-state index contributed by atoms with van der Waals surface area (Å²) in [7, 11) is 0. The molecule has 1 radical (unpaired) electrons. The Bertz CT molecular complexity index is 843. The first-order valence-electron chi connectivity index (χ1n) is 7.09. The lowest BCUT2D eigenvalue weighted by molar-refractivity contribution is 0.238. The van der Waals surface area contributed by atoms with Gasteiger partial charge in [0.1, 0.15) is 6.61 Å². The Kier molecular flexibility index (Phi) is 2.61. The van der Waals surface area contributed by atoms with E-state index >= 15 is 0 Å². The van der Waals surface area contributed by atoms with E-state index in [0.717, 1.165) is 24.0 Å². The van der Waals surface area contributed by atoms with Crippen molar-refractivity contribution in [2.45, 2.75) is 12.8 Å². The highest BCUT2D eigenvalue weighted by molar-refractivity contribution is 6.09. The number of hydrogen-bond donors (Lipinski definition) is 0. The zero-order valence-corrected chi connectivity index (χ0v) is 11.2. The van der Waals surface area contributed by atoms with E-state index in [1.165, 1.54) is 27.1 Å². The number of aryl methyl sites for hydroxylation is 1. The fraction of sp³-hybridized carbons (Fsp3) is 0.158. The first kappa shape index (κ1) is 11.7. The van der Waals surface area contributed by atoms with Crippen LogP contribution in [0.5, 0.6) is 0 Å². The van der Waals surface area contributed by atoms with E-state index in [-0.39, 0.29) is 6.61 Å². The molecule has 0 atom stereocenters. The van der Waals surface area contributed by atoms with E-state index in [2.05, 4.69) is 54.6 Å². The summed E-state index contributed by atoms with van der Waals surface area (Å²) in [5.74, 6) is 0. The van der Waals surface area contributed by atoms with Crippen molar-refractivity contribution >= 4 is 27.1 Å². The SMILES string of the molecule is [O]CC1=CCCc2c1ccc1c2ccc2ccccc21. The van der Waals surface area contributed by atoms with Gasteiger partial charge in [0.25, 0.3) is 0 Å². The van der Waals surface area contributed by atoms with Crippen molar-refractivity contribution in [3.05, 3.63) is 65.7 Å². The zero-order valence-electron chi connectivity index (χ0n) is 11.2. The quantitative estimate of drug-likeness (QED) is 0.562. The second-order valence-electron chi connectivity index (χ2n) is 5.39. The summed E-state index contributed by atoms with van der Waals surface area (Å²) in [6.07, 6.45) is 4.12. The number of hydrogen-bond acceptors (Lipinski definition) is 0. The number of fused-ring (bicyclic) bond motifs is 5. The number of allylic oxidation sites excluding steroid dienone is 1. The molecule has 1 heteroatoms. The Balaban J connectivity index is 2.10. The molecule has 0 unspecified atom stereocenters. The molecular weight excluding hydrogens is 244 g/mol. The van der Waals surface area contributed by atoms with Gasteiger partial charge >= 0.3 is 0 Å². The molecule has 3 aromatic rings. The maximum atomic E-state index is 11.3. The molecule has 1 nitrogen and oxygen atoms in total. The van der Waals surface area contributed by atoms with Crippen molar-refractivity contribution in [2.75, 3.05) is 6.61 Å². The molecule has 0 spiro atoms. The van der Waals surface area contributed by atoms with Gasteiger partial charge in [-0.15, -0.1) is 0 Å². The molecule has 4 rings (SSSR count). The van der Waals surface area contributed by atoms with Crippen LogP contribution in [-0.2, 0) is 11.5 Å². The molecule has 1 aliphatic rings. The lowest BCUT2D eigenvalue weighted by Crippen LogP contribution is -2.03. The lowest BCUT2D eigenvalue weighted by Gasteiger charge is -2.19. The Labute approximate surface area is 118 Å². The molecule has 0 aliphatic heterocycles. The first-order valence-corrected chi connectivity index (χ1v) is 7.09. The number of rotatable bonds is 1. The highest BCUT2D eigenvalue weighted by Gasteiger charge is 2.15. The standard InChI is InChI=1S/C19H15O/c20-12-14-5-3-7-17-16(14)10-11-18-15-6-2-1-4-13(15)8-9-19(17)18/h1-2,4-6,8-11H,3,7,12H2. The zero-order chi connectivity index (χ0) is 13.5. The molecule has 0 N–H and O–H groups in total. The summed E-state index contributed by atoms with van der Waals surface area (Å²) < 4.78 is 0. The van der Waals surface area contributed by atoms with Crippen LogP contribution >= 0.6 is 0 Å². The molecule has 3 aromatic carbocycles. The van der Waals surface area contributed by atoms with Crippen LogP contribution < -0.4 is 0 Å². The second kappa shape index (κ2) is 4.46. The van der Waals surface area contributed by atoms with Crippen LogP contribution in [-0.4, -0.2) is 6.61 Å². The van der Waals surface area contributed by atoms with Crippen LogP contribution in [0, 0.1) is 0 Å². The molecular formula is C19H15O. The van der Waals surface area contributed by atoms with E-state index in [9.17, 15) is 5.11 Å². The van der Waals surface area contributed by atoms with Crippen molar-refractivity contribution < 1.29 is 5.11 Å². The van der Waals surface area contributed by atoms with E-state index < -0.39 is 0 Å². The molecule has 0 saturated heterocycles. The van der Waals surface area contributed by atoms with Gasteiger partial charge in [-0.25, -0.2) is 5.11 Å². The fourth-order valence-corrected chi connectivity index (χ4v) is 3.36. The van der Waals surface area contributed by atoms with Crippen LogP contribution in [0.4, 0.5) is 0 Å². The lowest BCUT2D eigenvalue weighted by atomic mass is 9.86. The largest absolute Gasteiger partial charge is 0.232 e. The van der Waals surface area contributed by atoms with Crippen molar-refractivity contribution in [1.29, 1.82) is 0 Å². The van der Waals surface area contributed by atoms with E-state index in [4.69, 9.17) is 0 Å². The van der Waals surface area contributed by atoms with Crippen molar-refractivity contribution in [2.24, 2.45) is 0 Å². The minimum atomic E-state index is -0.119. The third-order valence-electron chi connectivity index (χ3n) is 4.32. The highest BCUT2D eigenvalue weighted by Crippen LogP contribution is 2.35. The Hall–Kier alpha value is -2.12. The molecule has 0 heterocycles. The summed E-state index contributed by atoms with van der Waals surface area (Å²) in [4.78, 5) is 0. The molecule has 1 aliphatic carbocycles. The normalized spacial score (nSPS) is 14.3. The van der Waals surface area contributed by atoms with Crippen LogP contribution in [0.3, 0.4) is 0 Å². The average molecular weight is 259 g/mol. The monoisotopic (exact) mass is 259 g/mol. The van der Waals surface area contributed by atoms with Crippen LogP contribution in [0.15, 0.2) is 54.6 Å². The summed E-state index contributed by atoms with van der Waals surface area (Å²) in [6, 6.07) is 17.2.